The fraction of sp³-hybridized carbons (Fsp3) is 0.714. The van der Waals surface area contributed by atoms with Crippen LogP contribution in [0, 0.1) is 5.92 Å². The van der Waals surface area contributed by atoms with E-state index in [0.29, 0.717) is 24.4 Å². The summed E-state index contributed by atoms with van der Waals surface area (Å²) in [6.45, 7) is 4.33. The van der Waals surface area contributed by atoms with Gasteiger partial charge in [0.25, 0.3) is 0 Å². The first-order chi connectivity index (χ1) is 9.72. The summed E-state index contributed by atoms with van der Waals surface area (Å²) in [6, 6.07) is 2.29. The molecule has 1 atom stereocenters. The maximum Gasteiger partial charge on any atom is 0.158 e. The third kappa shape index (κ3) is 4.05. The highest BCUT2D eigenvalue weighted by atomic mass is 16.5. The van der Waals surface area contributed by atoms with E-state index in [0.717, 1.165) is 37.7 Å². The van der Waals surface area contributed by atoms with E-state index >= 15 is 0 Å². The largest absolute Gasteiger partial charge is 0.381 e. The first-order valence-corrected chi connectivity index (χ1v) is 7.12. The molecule has 0 bridgehead atoms. The van der Waals surface area contributed by atoms with Gasteiger partial charge >= 0.3 is 0 Å². The molecule has 0 radical (unpaired) electrons. The molecular formula is C14H24N4O2. The number of nitrogens with one attached hydrogen (secondary N) is 2. The lowest BCUT2D eigenvalue weighted by Gasteiger charge is -2.28. The number of hydrogen-bond donors (Lipinski definition) is 2. The van der Waals surface area contributed by atoms with Crippen LogP contribution in [-0.2, 0) is 16.1 Å². The van der Waals surface area contributed by atoms with Crippen molar-refractivity contribution in [1.82, 2.24) is 9.97 Å². The van der Waals surface area contributed by atoms with Crippen molar-refractivity contribution in [2.75, 3.05) is 38.0 Å². The highest BCUT2D eigenvalue weighted by molar-refractivity contribution is 5.47. The molecule has 0 saturated carbocycles. The molecule has 2 heterocycles. The second kappa shape index (κ2) is 7.40. The Hall–Kier alpha value is -1.40. The maximum absolute atomic E-state index is 5.41. The lowest BCUT2D eigenvalue weighted by atomic mass is 9.93. The number of hydrogen-bond acceptors (Lipinski definition) is 6. The van der Waals surface area contributed by atoms with Crippen molar-refractivity contribution >= 4 is 11.6 Å². The first-order valence-electron chi connectivity index (χ1n) is 7.12. The van der Waals surface area contributed by atoms with E-state index in [9.17, 15) is 0 Å². The van der Waals surface area contributed by atoms with Crippen molar-refractivity contribution < 1.29 is 9.47 Å². The highest BCUT2D eigenvalue weighted by Gasteiger charge is 2.20. The second-order valence-electron chi connectivity index (χ2n) is 5.12. The Labute approximate surface area is 120 Å². The van der Waals surface area contributed by atoms with Gasteiger partial charge in [0.15, 0.2) is 5.82 Å². The van der Waals surface area contributed by atoms with Gasteiger partial charge in [-0.25, -0.2) is 9.97 Å². The van der Waals surface area contributed by atoms with Crippen molar-refractivity contribution in [2.24, 2.45) is 5.92 Å². The molecule has 1 unspecified atom stereocenters. The molecule has 0 aromatic carbocycles. The van der Waals surface area contributed by atoms with E-state index in [1.807, 2.05) is 13.1 Å². The Morgan fingerprint density at radius 1 is 1.35 bits per heavy atom. The van der Waals surface area contributed by atoms with E-state index in [4.69, 9.17) is 9.47 Å². The average molecular weight is 280 g/mol. The van der Waals surface area contributed by atoms with Crippen molar-refractivity contribution in [3.63, 3.8) is 0 Å². The zero-order valence-electron chi connectivity index (χ0n) is 12.5. The van der Waals surface area contributed by atoms with Crippen LogP contribution in [0.3, 0.4) is 0 Å². The molecule has 0 amide bonds. The summed E-state index contributed by atoms with van der Waals surface area (Å²) in [4.78, 5) is 8.84. The Morgan fingerprint density at radius 2 is 2.05 bits per heavy atom. The molecule has 0 aliphatic carbocycles. The third-order valence-electron chi connectivity index (χ3n) is 3.65. The minimum Gasteiger partial charge on any atom is -0.381 e. The maximum atomic E-state index is 5.41. The quantitative estimate of drug-likeness (QED) is 0.829. The smallest absolute Gasteiger partial charge is 0.158 e. The summed E-state index contributed by atoms with van der Waals surface area (Å²) in [5.41, 5.74) is 0. The number of rotatable bonds is 6. The van der Waals surface area contributed by atoms with Gasteiger partial charge in [-0.1, -0.05) is 0 Å². The normalized spacial score (nSPS) is 17.8. The summed E-state index contributed by atoms with van der Waals surface area (Å²) >= 11 is 0. The third-order valence-corrected chi connectivity index (χ3v) is 3.65. The molecule has 2 rings (SSSR count). The highest BCUT2D eigenvalue weighted by Crippen LogP contribution is 2.22. The van der Waals surface area contributed by atoms with Crippen molar-refractivity contribution in [3.05, 3.63) is 11.9 Å². The van der Waals surface area contributed by atoms with Gasteiger partial charge in [-0.2, -0.15) is 0 Å². The number of anilines is 2. The van der Waals surface area contributed by atoms with E-state index < -0.39 is 0 Å². The van der Waals surface area contributed by atoms with E-state index in [-0.39, 0.29) is 0 Å². The van der Waals surface area contributed by atoms with Crippen LogP contribution in [0.2, 0.25) is 0 Å². The van der Waals surface area contributed by atoms with E-state index in [1.54, 1.807) is 7.11 Å². The average Bonchev–Trinajstić information content (AvgIpc) is 2.48. The van der Waals surface area contributed by atoms with Crippen LogP contribution in [0.15, 0.2) is 6.07 Å². The zero-order valence-corrected chi connectivity index (χ0v) is 12.5. The molecule has 20 heavy (non-hydrogen) atoms. The fourth-order valence-corrected chi connectivity index (χ4v) is 2.46. The number of aromatic nitrogens is 2. The lowest BCUT2D eigenvalue weighted by Crippen LogP contribution is -2.31. The molecule has 1 saturated heterocycles. The van der Waals surface area contributed by atoms with Gasteiger partial charge in [0, 0.05) is 39.5 Å². The SMILES string of the molecule is CNc1cc(NC(C)C2CCOCC2)nc(COC)n1. The fourth-order valence-electron chi connectivity index (χ4n) is 2.46. The molecule has 112 valence electrons. The Bertz CT molecular complexity index is 422. The van der Waals surface area contributed by atoms with Gasteiger partial charge in [-0.15, -0.1) is 0 Å². The van der Waals surface area contributed by atoms with Crippen LogP contribution >= 0.6 is 0 Å². The molecule has 1 aliphatic rings. The predicted molar refractivity (Wildman–Crippen MR) is 78.9 cm³/mol. The summed E-state index contributed by atoms with van der Waals surface area (Å²) < 4.78 is 10.5. The van der Waals surface area contributed by atoms with Crippen molar-refractivity contribution in [3.8, 4) is 0 Å². The Kier molecular flexibility index (Phi) is 5.55. The standard InChI is InChI=1S/C14H24N4O2/c1-10(11-4-6-20-7-5-11)16-13-8-12(15-2)17-14(18-13)9-19-3/h8,10-11H,4-7,9H2,1-3H3,(H2,15,16,17,18). The molecule has 1 aliphatic heterocycles. The minimum absolute atomic E-state index is 0.369. The molecule has 1 aromatic rings. The molecule has 1 fully saturated rings. The molecule has 2 N–H and O–H groups in total. The number of nitrogens with zero attached hydrogens (tertiary/aromatic N) is 2. The van der Waals surface area contributed by atoms with Crippen molar-refractivity contribution in [1.29, 1.82) is 0 Å². The van der Waals surface area contributed by atoms with Gasteiger partial charge in [0.1, 0.15) is 18.2 Å². The summed E-state index contributed by atoms with van der Waals surface area (Å²) in [5.74, 6) is 2.95. The molecular weight excluding hydrogens is 256 g/mol. The summed E-state index contributed by atoms with van der Waals surface area (Å²) in [6.07, 6.45) is 2.20. The van der Waals surface area contributed by atoms with Crippen LogP contribution < -0.4 is 10.6 Å². The minimum atomic E-state index is 0.369. The second-order valence-corrected chi connectivity index (χ2v) is 5.12. The topological polar surface area (TPSA) is 68.3 Å². The van der Waals surface area contributed by atoms with Crippen molar-refractivity contribution in [2.45, 2.75) is 32.4 Å². The first kappa shape index (κ1) is 15.0. The van der Waals surface area contributed by atoms with Crippen LogP contribution in [0.25, 0.3) is 0 Å². The number of methoxy groups -OCH3 is 1. The monoisotopic (exact) mass is 280 g/mol. The molecule has 6 heteroatoms. The summed E-state index contributed by atoms with van der Waals surface area (Å²) in [7, 11) is 3.50. The van der Waals surface area contributed by atoms with Crippen LogP contribution in [0.1, 0.15) is 25.6 Å². The Balaban J connectivity index is 2.04. The van der Waals surface area contributed by atoms with Gasteiger partial charge in [0.05, 0.1) is 0 Å². The number of ether oxygens (including phenoxy) is 2. The van der Waals surface area contributed by atoms with Crippen LogP contribution in [0.5, 0.6) is 0 Å². The molecule has 1 aromatic heterocycles. The van der Waals surface area contributed by atoms with Gasteiger partial charge in [-0.05, 0) is 25.7 Å². The van der Waals surface area contributed by atoms with E-state index in [1.165, 1.54) is 0 Å². The lowest BCUT2D eigenvalue weighted by molar-refractivity contribution is 0.0622. The van der Waals surface area contributed by atoms with Gasteiger partial charge in [-0.3, -0.25) is 0 Å². The predicted octanol–water partition coefficient (Wildman–Crippen LogP) is 1.89. The van der Waals surface area contributed by atoms with Gasteiger partial charge in [0.2, 0.25) is 0 Å². The van der Waals surface area contributed by atoms with Crippen LogP contribution in [0.4, 0.5) is 11.6 Å². The molecule has 0 spiro atoms. The van der Waals surface area contributed by atoms with Gasteiger partial charge < -0.3 is 20.1 Å². The van der Waals surface area contributed by atoms with E-state index in [2.05, 4.69) is 27.5 Å². The summed E-state index contributed by atoms with van der Waals surface area (Å²) in [5, 5.41) is 6.54. The van der Waals surface area contributed by atoms with Crippen LogP contribution in [-0.4, -0.2) is 43.4 Å². The zero-order chi connectivity index (χ0) is 14.4. The Morgan fingerprint density at radius 3 is 2.70 bits per heavy atom. The molecule has 6 nitrogen and oxygen atoms in total.